The van der Waals surface area contributed by atoms with E-state index in [0.717, 1.165) is 11.0 Å². The molecule has 0 aliphatic heterocycles. The van der Waals surface area contributed by atoms with Crippen LogP contribution in [-0.2, 0) is 4.79 Å². The van der Waals surface area contributed by atoms with Crippen LogP contribution in [0.1, 0.15) is 26.8 Å². The first kappa shape index (κ1) is 14.5. The van der Waals surface area contributed by atoms with Gasteiger partial charge in [-0.3, -0.25) is 4.79 Å². The van der Waals surface area contributed by atoms with Gasteiger partial charge in [-0.15, -0.1) is 0 Å². The molecule has 3 unspecified atom stereocenters. The Balaban J connectivity index is 2.14. The Hall–Kier alpha value is -1.88. The standard InChI is InChI=1S/C15H21N3O2/c1-10(8-19)11(2)17-15(20)12(3)18-9-16-13-6-4-5-7-14(13)18/h4-7,9-12,19H,8H2,1-3H3,(H,17,20). The number of carbonyl (C=O) groups is 1. The molecule has 5 heteroatoms. The molecule has 1 amide bonds. The number of hydrogen-bond acceptors (Lipinski definition) is 3. The second-order valence-electron chi connectivity index (χ2n) is 5.27. The van der Waals surface area contributed by atoms with E-state index in [1.54, 1.807) is 6.33 Å². The van der Waals surface area contributed by atoms with Crippen molar-refractivity contribution in [2.24, 2.45) is 5.92 Å². The van der Waals surface area contributed by atoms with Gasteiger partial charge in [0.15, 0.2) is 0 Å². The molecule has 2 aromatic rings. The van der Waals surface area contributed by atoms with Gasteiger partial charge < -0.3 is 15.0 Å². The molecular formula is C15H21N3O2. The predicted molar refractivity (Wildman–Crippen MR) is 78.3 cm³/mol. The van der Waals surface area contributed by atoms with Crippen molar-refractivity contribution < 1.29 is 9.90 Å². The molecule has 0 saturated carbocycles. The highest BCUT2D eigenvalue weighted by Crippen LogP contribution is 2.17. The van der Waals surface area contributed by atoms with Gasteiger partial charge in [-0.25, -0.2) is 4.98 Å². The van der Waals surface area contributed by atoms with E-state index in [-0.39, 0.29) is 30.5 Å². The van der Waals surface area contributed by atoms with Crippen LogP contribution in [0.2, 0.25) is 0 Å². The highest BCUT2D eigenvalue weighted by molar-refractivity contribution is 5.83. The summed E-state index contributed by atoms with van der Waals surface area (Å²) in [5, 5.41) is 12.1. The van der Waals surface area contributed by atoms with Crippen molar-refractivity contribution in [2.45, 2.75) is 32.9 Å². The lowest BCUT2D eigenvalue weighted by atomic mass is 10.0. The minimum Gasteiger partial charge on any atom is -0.396 e. The number of hydrogen-bond donors (Lipinski definition) is 2. The lowest BCUT2D eigenvalue weighted by Crippen LogP contribution is -2.41. The average molecular weight is 275 g/mol. The van der Waals surface area contributed by atoms with E-state index < -0.39 is 0 Å². The lowest BCUT2D eigenvalue weighted by Gasteiger charge is -2.22. The number of carbonyl (C=O) groups excluding carboxylic acids is 1. The number of benzene rings is 1. The second kappa shape index (κ2) is 6.05. The minimum atomic E-state index is -0.337. The number of aliphatic hydroxyl groups is 1. The summed E-state index contributed by atoms with van der Waals surface area (Å²) in [4.78, 5) is 16.6. The molecule has 2 rings (SSSR count). The van der Waals surface area contributed by atoms with Crippen LogP contribution in [0.4, 0.5) is 0 Å². The average Bonchev–Trinajstić information content (AvgIpc) is 2.89. The van der Waals surface area contributed by atoms with E-state index in [1.807, 2.05) is 49.6 Å². The molecule has 1 aromatic carbocycles. The molecule has 0 saturated heterocycles. The maximum Gasteiger partial charge on any atom is 0.243 e. The molecule has 20 heavy (non-hydrogen) atoms. The molecule has 1 aromatic heterocycles. The van der Waals surface area contributed by atoms with Gasteiger partial charge in [0.2, 0.25) is 5.91 Å². The fourth-order valence-electron chi connectivity index (χ4n) is 2.06. The van der Waals surface area contributed by atoms with Gasteiger partial charge >= 0.3 is 0 Å². The Kier molecular flexibility index (Phi) is 4.39. The number of imidazole rings is 1. The van der Waals surface area contributed by atoms with Crippen molar-refractivity contribution in [3.63, 3.8) is 0 Å². The fraction of sp³-hybridized carbons (Fsp3) is 0.467. The number of aromatic nitrogens is 2. The minimum absolute atomic E-state index is 0.0330. The van der Waals surface area contributed by atoms with Crippen molar-refractivity contribution in [3.8, 4) is 0 Å². The Bertz CT molecular complexity index is 594. The maximum atomic E-state index is 12.3. The molecule has 108 valence electrons. The molecule has 2 N–H and O–H groups in total. The summed E-state index contributed by atoms with van der Waals surface area (Å²) in [5.74, 6) is -0.0355. The number of amides is 1. The van der Waals surface area contributed by atoms with Gasteiger partial charge in [-0.2, -0.15) is 0 Å². The Morgan fingerprint density at radius 3 is 2.75 bits per heavy atom. The second-order valence-corrected chi connectivity index (χ2v) is 5.27. The SMILES string of the molecule is CC(CO)C(C)NC(=O)C(C)n1cnc2ccccc21. The van der Waals surface area contributed by atoms with Crippen LogP contribution in [0, 0.1) is 5.92 Å². The topological polar surface area (TPSA) is 67.2 Å². The van der Waals surface area contributed by atoms with Gasteiger partial charge in [0.1, 0.15) is 6.04 Å². The third-order valence-corrected chi connectivity index (χ3v) is 3.79. The molecule has 0 aliphatic rings. The number of aliphatic hydroxyl groups excluding tert-OH is 1. The highest BCUT2D eigenvalue weighted by atomic mass is 16.3. The summed E-state index contributed by atoms with van der Waals surface area (Å²) in [6.07, 6.45) is 1.69. The number of nitrogens with one attached hydrogen (secondary N) is 1. The number of nitrogens with zero attached hydrogens (tertiary/aromatic N) is 2. The van der Waals surface area contributed by atoms with Crippen LogP contribution in [0.25, 0.3) is 11.0 Å². The zero-order chi connectivity index (χ0) is 14.7. The quantitative estimate of drug-likeness (QED) is 0.873. The number of rotatable bonds is 5. The third-order valence-electron chi connectivity index (χ3n) is 3.79. The Morgan fingerprint density at radius 1 is 1.35 bits per heavy atom. The van der Waals surface area contributed by atoms with Crippen LogP contribution < -0.4 is 5.32 Å². The normalized spacial score (nSPS) is 15.8. The van der Waals surface area contributed by atoms with Crippen molar-refractivity contribution in [3.05, 3.63) is 30.6 Å². The van der Waals surface area contributed by atoms with E-state index in [0.29, 0.717) is 0 Å². The largest absolute Gasteiger partial charge is 0.396 e. The summed E-state index contributed by atoms with van der Waals surface area (Å²) in [6.45, 7) is 5.71. The molecule has 0 radical (unpaired) electrons. The van der Waals surface area contributed by atoms with Gasteiger partial charge in [0.05, 0.1) is 17.4 Å². The maximum absolute atomic E-state index is 12.3. The van der Waals surface area contributed by atoms with Gasteiger partial charge in [-0.05, 0) is 31.9 Å². The van der Waals surface area contributed by atoms with E-state index >= 15 is 0 Å². The monoisotopic (exact) mass is 275 g/mol. The summed E-state index contributed by atoms with van der Waals surface area (Å²) >= 11 is 0. The molecule has 0 fully saturated rings. The van der Waals surface area contributed by atoms with Crippen molar-refractivity contribution in [1.82, 2.24) is 14.9 Å². The predicted octanol–water partition coefficient (Wildman–Crippen LogP) is 1.73. The van der Waals surface area contributed by atoms with Gasteiger partial charge in [0.25, 0.3) is 0 Å². The van der Waals surface area contributed by atoms with Gasteiger partial charge in [0, 0.05) is 12.6 Å². The first-order valence-corrected chi connectivity index (χ1v) is 6.87. The Morgan fingerprint density at radius 2 is 2.05 bits per heavy atom. The first-order chi connectivity index (χ1) is 9.54. The lowest BCUT2D eigenvalue weighted by molar-refractivity contribution is -0.124. The highest BCUT2D eigenvalue weighted by Gasteiger charge is 2.20. The van der Waals surface area contributed by atoms with Crippen LogP contribution in [0.5, 0.6) is 0 Å². The van der Waals surface area contributed by atoms with Gasteiger partial charge in [-0.1, -0.05) is 19.1 Å². The number of para-hydroxylation sites is 2. The Labute approximate surface area is 118 Å². The zero-order valence-corrected chi connectivity index (χ0v) is 12.1. The summed E-state index contributed by atoms with van der Waals surface area (Å²) in [6, 6.07) is 7.33. The molecule has 5 nitrogen and oxygen atoms in total. The van der Waals surface area contributed by atoms with E-state index in [2.05, 4.69) is 10.3 Å². The zero-order valence-electron chi connectivity index (χ0n) is 12.1. The van der Waals surface area contributed by atoms with Crippen LogP contribution in [0.3, 0.4) is 0 Å². The van der Waals surface area contributed by atoms with Crippen molar-refractivity contribution in [2.75, 3.05) is 6.61 Å². The molecule has 0 spiro atoms. The summed E-state index contributed by atoms with van der Waals surface area (Å²) in [7, 11) is 0. The molecular weight excluding hydrogens is 254 g/mol. The van der Waals surface area contributed by atoms with Crippen LogP contribution >= 0.6 is 0 Å². The van der Waals surface area contributed by atoms with E-state index in [9.17, 15) is 4.79 Å². The summed E-state index contributed by atoms with van der Waals surface area (Å²) in [5.41, 5.74) is 1.82. The molecule has 3 atom stereocenters. The van der Waals surface area contributed by atoms with E-state index in [4.69, 9.17) is 5.11 Å². The van der Waals surface area contributed by atoms with Crippen LogP contribution in [-0.4, -0.2) is 33.2 Å². The summed E-state index contributed by atoms with van der Waals surface area (Å²) < 4.78 is 1.86. The molecule has 0 bridgehead atoms. The number of fused-ring (bicyclic) bond motifs is 1. The molecule has 0 aliphatic carbocycles. The van der Waals surface area contributed by atoms with E-state index in [1.165, 1.54) is 0 Å². The van der Waals surface area contributed by atoms with Crippen LogP contribution in [0.15, 0.2) is 30.6 Å². The van der Waals surface area contributed by atoms with Crippen molar-refractivity contribution in [1.29, 1.82) is 0 Å². The smallest absolute Gasteiger partial charge is 0.243 e. The fourth-order valence-corrected chi connectivity index (χ4v) is 2.06. The third kappa shape index (κ3) is 2.82. The first-order valence-electron chi connectivity index (χ1n) is 6.87. The van der Waals surface area contributed by atoms with Crippen molar-refractivity contribution >= 4 is 16.9 Å². The molecule has 1 heterocycles.